The Labute approximate surface area is 237 Å². The Hall–Kier alpha value is -4.44. The number of para-hydroxylation sites is 2. The van der Waals surface area contributed by atoms with E-state index in [0.717, 1.165) is 40.0 Å². The Morgan fingerprint density at radius 2 is 1.52 bits per heavy atom. The highest BCUT2D eigenvalue weighted by Crippen LogP contribution is 2.45. The number of benzene rings is 4. The summed E-state index contributed by atoms with van der Waals surface area (Å²) < 4.78 is 0. The summed E-state index contributed by atoms with van der Waals surface area (Å²) in [5.41, 5.74) is 7.66. The standard InChI is InChI=1S/C36H36N2O2/c1-5-28-18-21-30(22-19-28)36(40)37-27(4)24-33(31-16-11-13-26(3)35(31)37)38(32-17-10-9-12-25(32)2)34(39)23-20-29-14-7-6-8-15-29/h6-23,27,33H,5,24H2,1-4H3/b23-20+/t27-,33-/m1/s1. The van der Waals surface area contributed by atoms with E-state index < -0.39 is 0 Å². The van der Waals surface area contributed by atoms with E-state index in [-0.39, 0.29) is 23.9 Å². The van der Waals surface area contributed by atoms with Crippen LogP contribution in [0.5, 0.6) is 0 Å². The summed E-state index contributed by atoms with van der Waals surface area (Å²) in [7, 11) is 0. The average Bonchev–Trinajstić information content (AvgIpc) is 2.98. The van der Waals surface area contributed by atoms with Crippen LogP contribution in [-0.4, -0.2) is 17.9 Å². The van der Waals surface area contributed by atoms with Gasteiger partial charge in [-0.3, -0.25) is 9.59 Å². The second kappa shape index (κ2) is 11.7. The van der Waals surface area contributed by atoms with E-state index in [0.29, 0.717) is 12.0 Å². The first kappa shape index (κ1) is 27.1. The zero-order valence-corrected chi connectivity index (χ0v) is 23.7. The zero-order valence-electron chi connectivity index (χ0n) is 23.7. The second-order valence-corrected chi connectivity index (χ2v) is 10.6. The molecular weight excluding hydrogens is 492 g/mol. The molecule has 202 valence electrons. The van der Waals surface area contributed by atoms with Crippen LogP contribution >= 0.6 is 0 Å². The van der Waals surface area contributed by atoms with Gasteiger partial charge in [-0.25, -0.2) is 0 Å². The van der Waals surface area contributed by atoms with Crippen LogP contribution in [0.3, 0.4) is 0 Å². The number of nitrogens with zero attached hydrogens (tertiary/aromatic N) is 2. The van der Waals surface area contributed by atoms with E-state index in [1.54, 1.807) is 6.08 Å². The molecule has 0 spiro atoms. The molecule has 0 bridgehead atoms. The summed E-state index contributed by atoms with van der Waals surface area (Å²) >= 11 is 0. The van der Waals surface area contributed by atoms with Crippen LogP contribution in [0, 0.1) is 13.8 Å². The fourth-order valence-electron chi connectivity index (χ4n) is 5.71. The molecule has 40 heavy (non-hydrogen) atoms. The second-order valence-electron chi connectivity index (χ2n) is 10.6. The van der Waals surface area contributed by atoms with Crippen molar-refractivity contribution < 1.29 is 9.59 Å². The molecule has 1 aliphatic rings. The molecule has 4 aromatic rings. The molecule has 5 rings (SSSR count). The zero-order chi connectivity index (χ0) is 28.2. The van der Waals surface area contributed by atoms with Gasteiger partial charge >= 0.3 is 0 Å². The van der Waals surface area contributed by atoms with Crippen molar-refractivity contribution in [1.82, 2.24) is 0 Å². The van der Waals surface area contributed by atoms with Gasteiger partial charge in [-0.15, -0.1) is 0 Å². The van der Waals surface area contributed by atoms with Crippen molar-refractivity contribution in [2.45, 2.75) is 52.6 Å². The molecule has 4 nitrogen and oxygen atoms in total. The molecule has 2 amide bonds. The van der Waals surface area contributed by atoms with Gasteiger partial charge in [0, 0.05) is 23.4 Å². The van der Waals surface area contributed by atoms with Crippen LogP contribution < -0.4 is 9.80 Å². The Morgan fingerprint density at radius 3 is 2.23 bits per heavy atom. The van der Waals surface area contributed by atoms with Crippen LogP contribution in [-0.2, 0) is 11.2 Å². The molecule has 1 heterocycles. The van der Waals surface area contributed by atoms with Crippen molar-refractivity contribution in [3.63, 3.8) is 0 Å². The third kappa shape index (κ3) is 5.35. The molecule has 0 saturated heterocycles. The first-order chi connectivity index (χ1) is 19.4. The highest BCUT2D eigenvalue weighted by atomic mass is 16.2. The smallest absolute Gasteiger partial charge is 0.258 e. The Bertz CT molecular complexity index is 1540. The van der Waals surface area contributed by atoms with Crippen molar-refractivity contribution in [1.29, 1.82) is 0 Å². The predicted molar refractivity (Wildman–Crippen MR) is 165 cm³/mol. The maximum atomic E-state index is 14.0. The fourth-order valence-corrected chi connectivity index (χ4v) is 5.71. The van der Waals surface area contributed by atoms with Gasteiger partial charge in [0.25, 0.3) is 11.8 Å². The van der Waals surface area contributed by atoms with Crippen LogP contribution in [0.1, 0.15) is 64.5 Å². The SMILES string of the molecule is CCc1ccc(C(=O)N2c3c(C)cccc3[C@H](N(C(=O)/C=C/c3ccccc3)c3ccccc3C)C[C@H]2C)cc1. The number of hydrogen-bond donors (Lipinski definition) is 0. The van der Waals surface area contributed by atoms with Gasteiger partial charge in [0.15, 0.2) is 0 Å². The summed E-state index contributed by atoms with van der Waals surface area (Å²) in [6.45, 7) is 8.28. The largest absolute Gasteiger partial charge is 0.305 e. The number of aryl methyl sites for hydroxylation is 3. The first-order valence-corrected chi connectivity index (χ1v) is 14.0. The third-order valence-electron chi connectivity index (χ3n) is 7.84. The molecule has 0 N–H and O–H groups in total. The number of carbonyl (C=O) groups excluding carboxylic acids is 2. The first-order valence-electron chi connectivity index (χ1n) is 14.0. The Kier molecular flexibility index (Phi) is 7.97. The number of amides is 2. The highest BCUT2D eigenvalue weighted by molar-refractivity contribution is 6.09. The van der Waals surface area contributed by atoms with Gasteiger partial charge < -0.3 is 9.80 Å². The van der Waals surface area contributed by atoms with Crippen LogP contribution in [0.15, 0.2) is 103 Å². The molecule has 1 aliphatic heterocycles. The van der Waals surface area contributed by atoms with Crippen LogP contribution in [0.25, 0.3) is 6.08 Å². The van der Waals surface area contributed by atoms with Gasteiger partial charge in [0.05, 0.1) is 11.7 Å². The lowest BCUT2D eigenvalue weighted by Crippen LogP contribution is -2.48. The number of anilines is 2. The number of hydrogen-bond acceptors (Lipinski definition) is 2. The van der Waals surface area contributed by atoms with Gasteiger partial charge in [-0.2, -0.15) is 0 Å². The lowest BCUT2D eigenvalue weighted by Gasteiger charge is -2.44. The summed E-state index contributed by atoms with van der Waals surface area (Å²) in [6, 6.07) is 31.6. The predicted octanol–water partition coefficient (Wildman–Crippen LogP) is 8.09. The van der Waals surface area contributed by atoms with E-state index in [1.807, 2.05) is 121 Å². The molecule has 0 unspecified atom stereocenters. The van der Waals surface area contributed by atoms with E-state index in [4.69, 9.17) is 0 Å². The molecule has 0 fully saturated rings. The maximum Gasteiger partial charge on any atom is 0.258 e. The molecule has 0 saturated carbocycles. The lowest BCUT2D eigenvalue weighted by molar-refractivity contribution is -0.114. The molecule has 2 atom stereocenters. The molecule has 4 aromatic carbocycles. The Balaban J connectivity index is 1.59. The van der Waals surface area contributed by atoms with Crippen molar-refractivity contribution in [3.05, 3.63) is 137 Å². The summed E-state index contributed by atoms with van der Waals surface area (Å²) in [4.78, 5) is 31.8. The Morgan fingerprint density at radius 1 is 0.850 bits per heavy atom. The normalized spacial score (nSPS) is 16.6. The van der Waals surface area contributed by atoms with Gasteiger partial charge in [0.2, 0.25) is 0 Å². The lowest BCUT2D eigenvalue weighted by atomic mass is 9.87. The quantitative estimate of drug-likeness (QED) is 0.237. The maximum absolute atomic E-state index is 14.0. The van der Waals surface area contributed by atoms with Crippen molar-refractivity contribution >= 4 is 29.3 Å². The highest BCUT2D eigenvalue weighted by Gasteiger charge is 2.39. The van der Waals surface area contributed by atoms with Crippen LogP contribution in [0.4, 0.5) is 11.4 Å². The van der Waals surface area contributed by atoms with Crippen molar-refractivity contribution in [3.8, 4) is 0 Å². The molecule has 0 radical (unpaired) electrons. The minimum atomic E-state index is -0.231. The summed E-state index contributed by atoms with van der Waals surface area (Å²) in [5, 5.41) is 0. The summed E-state index contributed by atoms with van der Waals surface area (Å²) in [5.74, 6) is -0.0976. The topological polar surface area (TPSA) is 40.6 Å². The molecule has 0 aliphatic carbocycles. The molecular formula is C36H36N2O2. The van der Waals surface area contributed by atoms with E-state index in [9.17, 15) is 9.59 Å². The average molecular weight is 529 g/mol. The fraction of sp³-hybridized carbons (Fsp3) is 0.222. The minimum Gasteiger partial charge on any atom is -0.305 e. The van der Waals surface area contributed by atoms with Gasteiger partial charge in [-0.1, -0.05) is 85.8 Å². The number of carbonyl (C=O) groups is 2. The van der Waals surface area contributed by atoms with E-state index in [2.05, 4.69) is 19.9 Å². The van der Waals surface area contributed by atoms with E-state index >= 15 is 0 Å². The van der Waals surface area contributed by atoms with Gasteiger partial charge in [-0.05, 0) is 85.7 Å². The van der Waals surface area contributed by atoms with Crippen LogP contribution in [0.2, 0.25) is 0 Å². The number of fused-ring (bicyclic) bond motifs is 1. The molecule has 4 heteroatoms. The van der Waals surface area contributed by atoms with Gasteiger partial charge in [0.1, 0.15) is 0 Å². The minimum absolute atomic E-state index is 0.0121. The van der Waals surface area contributed by atoms with Crippen molar-refractivity contribution in [2.75, 3.05) is 9.80 Å². The van der Waals surface area contributed by atoms with Crippen molar-refractivity contribution in [2.24, 2.45) is 0 Å². The number of rotatable bonds is 6. The summed E-state index contributed by atoms with van der Waals surface area (Å²) in [6.07, 6.45) is 5.08. The third-order valence-corrected chi connectivity index (χ3v) is 7.84. The monoisotopic (exact) mass is 528 g/mol. The van der Waals surface area contributed by atoms with E-state index in [1.165, 1.54) is 5.56 Å². The molecule has 0 aromatic heterocycles.